The molecule has 2 aromatic rings. The summed E-state index contributed by atoms with van der Waals surface area (Å²) in [4.78, 5) is 24.3. The minimum atomic E-state index is -0.704. The molecule has 0 saturated heterocycles. The second-order valence-corrected chi connectivity index (χ2v) is 5.76. The first-order chi connectivity index (χ1) is 11.6. The number of carbonyl (C=O) groups is 2. The summed E-state index contributed by atoms with van der Waals surface area (Å²) in [6.07, 6.45) is 5.71. The SMILES string of the molecule is CCCCC[C@@H](NC(=O)C(=O)Nc1ccn(C)n1)c1ccccc1. The lowest BCUT2D eigenvalue weighted by Gasteiger charge is -2.18. The lowest BCUT2D eigenvalue weighted by Crippen LogP contribution is -2.38. The number of unbranched alkanes of at least 4 members (excludes halogenated alkanes) is 2. The van der Waals surface area contributed by atoms with E-state index in [-0.39, 0.29) is 6.04 Å². The highest BCUT2D eigenvalue weighted by molar-refractivity contribution is 6.39. The van der Waals surface area contributed by atoms with E-state index in [2.05, 4.69) is 22.7 Å². The van der Waals surface area contributed by atoms with E-state index in [1.165, 1.54) is 0 Å². The summed E-state index contributed by atoms with van der Waals surface area (Å²) < 4.78 is 1.56. The van der Waals surface area contributed by atoms with Crippen LogP contribution >= 0.6 is 0 Å². The molecule has 0 aliphatic carbocycles. The van der Waals surface area contributed by atoms with E-state index in [1.807, 2.05) is 30.3 Å². The van der Waals surface area contributed by atoms with Crippen LogP contribution in [0.25, 0.3) is 0 Å². The van der Waals surface area contributed by atoms with Gasteiger partial charge in [-0.25, -0.2) is 0 Å². The number of rotatable bonds is 7. The number of carbonyl (C=O) groups excluding carboxylic acids is 2. The molecule has 1 heterocycles. The topological polar surface area (TPSA) is 76.0 Å². The molecule has 128 valence electrons. The third-order valence-electron chi connectivity index (χ3n) is 3.77. The molecule has 2 rings (SSSR count). The summed E-state index contributed by atoms with van der Waals surface area (Å²) in [6, 6.07) is 11.2. The van der Waals surface area contributed by atoms with E-state index in [0.29, 0.717) is 5.82 Å². The van der Waals surface area contributed by atoms with E-state index in [4.69, 9.17) is 0 Å². The van der Waals surface area contributed by atoms with Crippen molar-refractivity contribution in [3.63, 3.8) is 0 Å². The van der Waals surface area contributed by atoms with Crippen LogP contribution in [-0.4, -0.2) is 21.6 Å². The van der Waals surface area contributed by atoms with Gasteiger partial charge in [0.25, 0.3) is 0 Å². The molecule has 0 aliphatic rings. The van der Waals surface area contributed by atoms with E-state index in [0.717, 1.165) is 31.2 Å². The zero-order chi connectivity index (χ0) is 17.4. The number of hydrogen-bond donors (Lipinski definition) is 2. The Morgan fingerprint density at radius 3 is 2.50 bits per heavy atom. The molecular formula is C18H24N4O2. The predicted octanol–water partition coefficient (Wildman–Crippen LogP) is 2.80. The van der Waals surface area contributed by atoms with Gasteiger partial charge in [-0.05, 0) is 12.0 Å². The van der Waals surface area contributed by atoms with Crippen molar-refractivity contribution in [2.24, 2.45) is 7.05 Å². The number of anilines is 1. The van der Waals surface area contributed by atoms with Crippen molar-refractivity contribution in [2.45, 2.75) is 38.6 Å². The molecule has 6 heteroatoms. The fourth-order valence-corrected chi connectivity index (χ4v) is 2.48. The molecule has 0 radical (unpaired) electrons. The van der Waals surface area contributed by atoms with E-state index >= 15 is 0 Å². The van der Waals surface area contributed by atoms with Gasteiger partial charge in [-0.15, -0.1) is 0 Å². The van der Waals surface area contributed by atoms with Gasteiger partial charge in [0.1, 0.15) is 0 Å². The van der Waals surface area contributed by atoms with Crippen molar-refractivity contribution in [2.75, 3.05) is 5.32 Å². The van der Waals surface area contributed by atoms with Crippen LogP contribution < -0.4 is 10.6 Å². The van der Waals surface area contributed by atoms with Crippen LogP contribution in [0.3, 0.4) is 0 Å². The molecule has 0 bridgehead atoms. The van der Waals surface area contributed by atoms with Crippen LogP contribution in [0, 0.1) is 0 Å². The number of amides is 2. The Kier molecular flexibility index (Phi) is 6.54. The summed E-state index contributed by atoms with van der Waals surface area (Å²) in [5.74, 6) is -0.990. The standard InChI is InChI=1S/C18H24N4O2/c1-3-4-6-11-15(14-9-7-5-8-10-14)19-17(23)18(24)20-16-12-13-22(2)21-16/h5,7-10,12-13,15H,3-4,6,11H2,1-2H3,(H,19,23)(H,20,21,24)/t15-/m1/s1. The van der Waals surface area contributed by atoms with Gasteiger partial charge in [0.2, 0.25) is 0 Å². The number of benzene rings is 1. The molecular weight excluding hydrogens is 304 g/mol. The predicted molar refractivity (Wildman–Crippen MR) is 93.3 cm³/mol. The van der Waals surface area contributed by atoms with Crippen molar-refractivity contribution >= 4 is 17.6 Å². The van der Waals surface area contributed by atoms with Gasteiger partial charge in [-0.3, -0.25) is 14.3 Å². The van der Waals surface area contributed by atoms with Crippen molar-refractivity contribution in [3.05, 3.63) is 48.2 Å². The summed E-state index contributed by atoms with van der Waals surface area (Å²) in [6.45, 7) is 2.14. The third-order valence-corrected chi connectivity index (χ3v) is 3.77. The van der Waals surface area contributed by atoms with Crippen LogP contribution in [0.5, 0.6) is 0 Å². The van der Waals surface area contributed by atoms with Gasteiger partial charge >= 0.3 is 11.8 Å². The third kappa shape index (κ3) is 5.22. The van der Waals surface area contributed by atoms with Gasteiger partial charge in [0.05, 0.1) is 6.04 Å². The summed E-state index contributed by atoms with van der Waals surface area (Å²) in [5.41, 5.74) is 1.01. The highest BCUT2D eigenvalue weighted by Crippen LogP contribution is 2.19. The fourth-order valence-electron chi connectivity index (χ4n) is 2.48. The highest BCUT2D eigenvalue weighted by atomic mass is 16.2. The molecule has 0 fully saturated rings. The number of nitrogens with one attached hydrogen (secondary N) is 2. The van der Waals surface area contributed by atoms with Crippen molar-refractivity contribution in [3.8, 4) is 0 Å². The fraction of sp³-hybridized carbons (Fsp3) is 0.389. The molecule has 0 spiro atoms. The van der Waals surface area contributed by atoms with Crippen LogP contribution in [0.15, 0.2) is 42.6 Å². The zero-order valence-electron chi connectivity index (χ0n) is 14.2. The second-order valence-electron chi connectivity index (χ2n) is 5.76. The zero-order valence-corrected chi connectivity index (χ0v) is 14.2. The first kappa shape index (κ1) is 17.7. The first-order valence-electron chi connectivity index (χ1n) is 8.26. The van der Waals surface area contributed by atoms with E-state index in [1.54, 1.807) is 24.0 Å². The van der Waals surface area contributed by atoms with Gasteiger partial charge in [-0.2, -0.15) is 5.10 Å². The van der Waals surface area contributed by atoms with Crippen LogP contribution in [0.2, 0.25) is 0 Å². The normalized spacial score (nSPS) is 11.8. The molecule has 1 atom stereocenters. The van der Waals surface area contributed by atoms with Crippen LogP contribution in [0.1, 0.15) is 44.2 Å². The molecule has 1 aromatic heterocycles. The van der Waals surface area contributed by atoms with Crippen molar-refractivity contribution in [1.82, 2.24) is 15.1 Å². The second kappa shape index (κ2) is 8.86. The Hall–Kier alpha value is -2.63. The summed E-state index contributed by atoms with van der Waals surface area (Å²) in [5, 5.41) is 9.37. The molecule has 0 aliphatic heterocycles. The smallest absolute Gasteiger partial charge is 0.314 e. The van der Waals surface area contributed by atoms with E-state index in [9.17, 15) is 9.59 Å². The number of nitrogens with zero attached hydrogens (tertiary/aromatic N) is 2. The number of aromatic nitrogens is 2. The minimum absolute atomic E-state index is 0.167. The Labute approximate surface area is 142 Å². The lowest BCUT2D eigenvalue weighted by molar-refractivity contribution is -0.136. The Morgan fingerprint density at radius 1 is 1.12 bits per heavy atom. The van der Waals surface area contributed by atoms with E-state index < -0.39 is 11.8 Å². The Morgan fingerprint density at radius 2 is 1.88 bits per heavy atom. The molecule has 24 heavy (non-hydrogen) atoms. The quantitative estimate of drug-likeness (QED) is 0.606. The Balaban J connectivity index is 1.99. The average Bonchev–Trinajstić information content (AvgIpc) is 2.99. The molecule has 2 N–H and O–H groups in total. The van der Waals surface area contributed by atoms with Gasteiger partial charge < -0.3 is 10.6 Å². The molecule has 6 nitrogen and oxygen atoms in total. The maximum absolute atomic E-state index is 12.2. The molecule has 0 saturated carbocycles. The summed E-state index contributed by atoms with van der Waals surface area (Å²) >= 11 is 0. The summed E-state index contributed by atoms with van der Waals surface area (Å²) in [7, 11) is 1.74. The molecule has 0 unspecified atom stereocenters. The van der Waals surface area contributed by atoms with Gasteiger partial charge in [-0.1, -0.05) is 56.5 Å². The van der Waals surface area contributed by atoms with Crippen molar-refractivity contribution < 1.29 is 9.59 Å². The average molecular weight is 328 g/mol. The first-order valence-corrected chi connectivity index (χ1v) is 8.26. The van der Waals surface area contributed by atoms with Crippen LogP contribution in [-0.2, 0) is 16.6 Å². The highest BCUT2D eigenvalue weighted by Gasteiger charge is 2.20. The Bertz CT molecular complexity index is 667. The number of hydrogen-bond acceptors (Lipinski definition) is 3. The van der Waals surface area contributed by atoms with Gasteiger partial charge in [0.15, 0.2) is 5.82 Å². The largest absolute Gasteiger partial charge is 0.341 e. The van der Waals surface area contributed by atoms with Crippen LogP contribution in [0.4, 0.5) is 5.82 Å². The van der Waals surface area contributed by atoms with Gasteiger partial charge in [0, 0.05) is 19.3 Å². The molecule has 1 aromatic carbocycles. The number of aryl methyl sites for hydroxylation is 1. The monoisotopic (exact) mass is 328 g/mol. The minimum Gasteiger partial charge on any atom is -0.341 e. The van der Waals surface area contributed by atoms with Crippen molar-refractivity contribution in [1.29, 1.82) is 0 Å². The maximum Gasteiger partial charge on any atom is 0.314 e. The maximum atomic E-state index is 12.2. The lowest BCUT2D eigenvalue weighted by atomic mass is 10.0. The molecule has 2 amide bonds.